The fourth-order valence-corrected chi connectivity index (χ4v) is 3.56. The first-order valence-electron chi connectivity index (χ1n) is 8.19. The SMILES string of the molecule is CN(C)c1ccc(/C=N/N2C(=O)/C(=C\c3ccc([N+](=O)[O-])cc3)SC2=S)cc1. The lowest BCUT2D eigenvalue weighted by Crippen LogP contribution is -2.22. The molecule has 0 unspecified atom stereocenters. The molecule has 1 amide bonds. The van der Waals surface area contributed by atoms with Crippen molar-refractivity contribution in [1.82, 2.24) is 5.01 Å². The number of carbonyl (C=O) groups excluding carboxylic acids is 1. The molecule has 9 heteroatoms. The van der Waals surface area contributed by atoms with E-state index in [9.17, 15) is 14.9 Å². The average Bonchev–Trinajstić information content (AvgIpc) is 2.94. The molecule has 0 bridgehead atoms. The van der Waals surface area contributed by atoms with Crippen LogP contribution in [0, 0.1) is 10.1 Å². The van der Waals surface area contributed by atoms with E-state index < -0.39 is 4.92 Å². The predicted molar refractivity (Wildman–Crippen MR) is 116 cm³/mol. The summed E-state index contributed by atoms with van der Waals surface area (Å²) in [5.74, 6) is -0.325. The van der Waals surface area contributed by atoms with E-state index in [2.05, 4.69) is 5.10 Å². The number of carbonyl (C=O) groups is 1. The summed E-state index contributed by atoms with van der Waals surface area (Å²) in [5, 5.41) is 16.1. The number of nitrogens with zero attached hydrogens (tertiary/aromatic N) is 4. The molecule has 0 saturated carbocycles. The Hall–Kier alpha value is -3.04. The fourth-order valence-electron chi connectivity index (χ4n) is 2.39. The summed E-state index contributed by atoms with van der Waals surface area (Å²) in [6, 6.07) is 13.7. The molecule has 0 aromatic heterocycles. The van der Waals surface area contributed by atoms with Crippen LogP contribution in [0.3, 0.4) is 0 Å². The molecule has 28 heavy (non-hydrogen) atoms. The van der Waals surface area contributed by atoms with Gasteiger partial charge in [0, 0.05) is 31.9 Å². The monoisotopic (exact) mass is 412 g/mol. The molecule has 0 atom stereocenters. The van der Waals surface area contributed by atoms with Crippen LogP contribution < -0.4 is 4.90 Å². The number of thiocarbonyl (C=S) groups is 1. The Bertz CT molecular complexity index is 983. The maximum atomic E-state index is 12.6. The average molecular weight is 412 g/mol. The first-order chi connectivity index (χ1) is 13.3. The molecular weight excluding hydrogens is 396 g/mol. The number of thioether (sulfide) groups is 1. The summed E-state index contributed by atoms with van der Waals surface area (Å²) >= 11 is 6.40. The minimum absolute atomic E-state index is 0.00501. The molecule has 1 aliphatic heterocycles. The van der Waals surface area contributed by atoms with Crippen LogP contribution in [0.2, 0.25) is 0 Å². The molecule has 7 nitrogen and oxygen atoms in total. The summed E-state index contributed by atoms with van der Waals surface area (Å²) in [4.78, 5) is 25.2. The molecule has 0 aliphatic carbocycles. The van der Waals surface area contributed by atoms with Crippen molar-refractivity contribution in [1.29, 1.82) is 0 Å². The quantitative estimate of drug-likeness (QED) is 0.244. The number of hydrazone groups is 1. The summed E-state index contributed by atoms with van der Waals surface area (Å²) in [7, 11) is 3.92. The Morgan fingerprint density at radius 1 is 1.11 bits per heavy atom. The van der Waals surface area contributed by atoms with Crippen LogP contribution in [0.5, 0.6) is 0 Å². The number of rotatable bonds is 5. The van der Waals surface area contributed by atoms with E-state index in [1.165, 1.54) is 17.1 Å². The number of anilines is 1. The lowest BCUT2D eigenvalue weighted by molar-refractivity contribution is -0.384. The van der Waals surface area contributed by atoms with E-state index in [4.69, 9.17) is 12.2 Å². The summed E-state index contributed by atoms with van der Waals surface area (Å²) < 4.78 is 0.333. The van der Waals surface area contributed by atoms with Crippen LogP contribution in [0.15, 0.2) is 58.5 Å². The molecular formula is C19H16N4O3S2. The smallest absolute Gasteiger partial charge is 0.286 e. The standard InChI is InChI=1S/C19H16N4O3S2/c1-21(2)15-7-5-14(6-8-15)12-20-22-18(24)17(28-19(22)27)11-13-3-9-16(10-4-13)23(25)26/h3-12H,1-2H3/b17-11+,20-12+. The van der Waals surface area contributed by atoms with Crippen molar-refractivity contribution in [2.75, 3.05) is 19.0 Å². The van der Waals surface area contributed by atoms with Gasteiger partial charge in [-0.15, -0.1) is 0 Å². The van der Waals surface area contributed by atoms with Crippen molar-refractivity contribution in [2.24, 2.45) is 5.10 Å². The van der Waals surface area contributed by atoms with E-state index in [0.29, 0.717) is 14.8 Å². The van der Waals surface area contributed by atoms with Gasteiger partial charge in [0.25, 0.3) is 11.6 Å². The Morgan fingerprint density at radius 2 is 1.71 bits per heavy atom. The van der Waals surface area contributed by atoms with Crippen LogP contribution >= 0.6 is 24.0 Å². The highest BCUT2D eigenvalue weighted by Crippen LogP contribution is 2.33. The Kier molecular flexibility index (Phi) is 5.86. The zero-order valence-corrected chi connectivity index (χ0v) is 16.7. The fraction of sp³-hybridized carbons (Fsp3) is 0.105. The lowest BCUT2D eigenvalue weighted by Gasteiger charge is -2.12. The normalized spacial score (nSPS) is 15.6. The number of nitro groups is 1. The number of non-ortho nitro benzene ring substituents is 1. The summed E-state index contributed by atoms with van der Waals surface area (Å²) in [6.45, 7) is 0. The minimum atomic E-state index is -0.469. The molecule has 0 N–H and O–H groups in total. The maximum absolute atomic E-state index is 12.6. The van der Waals surface area contributed by atoms with Gasteiger partial charge in [0.2, 0.25) is 0 Å². The molecule has 0 radical (unpaired) electrons. The van der Waals surface area contributed by atoms with Crippen molar-refractivity contribution in [3.05, 3.63) is 74.7 Å². The van der Waals surface area contributed by atoms with E-state index >= 15 is 0 Å². The first-order valence-corrected chi connectivity index (χ1v) is 9.41. The van der Waals surface area contributed by atoms with Crippen LogP contribution in [0.25, 0.3) is 6.08 Å². The Morgan fingerprint density at radius 3 is 2.29 bits per heavy atom. The molecule has 3 rings (SSSR count). The molecule has 0 spiro atoms. The zero-order valence-electron chi connectivity index (χ0n) is 15.1. The second kappa shape index (κ2) is 8.32. The van der Waals surface area contributed by atoms with Crippen molar-refractivity contribution in [2.45, 2.75) is 0 Å². The third-order valence-electron chi connectivity index (χ3n) is 3.91. The summed E-state index contributed by atoms with van der Waals surface area (Å²) in [6.07, 6.45) is 3.23. The van der Waals surface area contributed by atoms with Gasteiger partial charge in [0.05, 0.1) is 16.0 Å². The van der Waals surface area contributed by atoms with Gasteiger partial charge in [-0.2, -0.15) is 10.1 Å². The van der Waals surface area contributed by atoms with Crippen LogP contribution in [0.1, 0.15) is 11.1 Å². The van der Waals surface area contributed by atoms with Gasteiger partial charge in [-0.1, -0.05) is 23.9 Å². The molecule has 1 fully saturated rings. The maximum Gasteiger partial charge on any atom is 0.286 e. The van der Waals surface area contributed by atoms with Crippen molar-refractivity contribution >= 4 is 57.9 Å². The number of amides is 1. The zero-order chi connectivity index (χ0) is 20.3. The molecule has 1 aliphatic rings. The van der Waals surface area contributed by atoms with Crippen LogP contribution in [0.4, 0.5) is 11.4 Å². The van der Waals surface area contributed by atoms with E-state index in [-0.39, 0.29) is 11.6 Å². The highest BCUT2D eigenvalue weighted by Gasteiger charge is 2.32. The molecule has 2 aromatic rings. The minimum Gasteiger partial charge on any atom is -0.378 e. The highest BCUT2D eigenvalue weighted by atomic mass is 32.2. The predicted octanol–water partition coefficient (Wildman–Crippen LogP) is 3.90. The van der Waals surface area contributed by atoms with E-state index in [0.717, 1.165) is 23.0 Å². The summed E-state index contributed by atoms with van der Waals surface area (Å²) in [5.41, 5.74) is 2.58. The van der Waals surface area contributed by atoms with Gasteiger partial charge in [-0.05, 0) is 53.7 Å². The van der Waals surface area contributed by atoms with E-state index in [1.807, 2.05) is 43.3 Å². The van der Waals surface area contributed by atoms with Gasteiger partial charge in [0.15, 0.2) is 4.32 Å². The van der Waals surface area contributed by atoms with Gasteiger partial charge >= 0.3 is 0 Å². The molecule has 1 saturated heterocycles. The van der Waals surface area contributed by atoms with Gasteiger partial charge < -0.3 is 4.90 Å². The largest absolute Gasteiger partial charge is 0.378 e. The van der Waals surface area contributed by atoms with Crippen molar-refractivity contribution in [3.8, 4) is 0 Å². The van der Waals surface area contributed by atoms with E-state index in [1.54, 1.807) is 24.4 Å². The first kappa shape index (κ1) is 19.7. The number of hydrogen-bond acceptors (Lipinski definition) is 7. The third kappa shape index (κ3) is 4.44. The number of benzene rings is 2. The molecule has 142 valence electrons. The second-order valence-corrected chi connectivity index (χ2v) is 7.75. The van der Waals surface area contributed by atoms with Crippen LogP contribution in [-0.4, -0.2) is 40.5 Å². The topological polar surface area (TPSA) is 79.0 Å². The number of hydrogen-bond donors (Lipinski definition) is 0. The highest BCUT2D eigenvalue weighted by molar-refractivity contribution is 8.26. The third-order valence-corrected chi connectivity index (χ3v) is 5.19. The van der Waals surface area contributed by atoms with Crippen molar-refractivity contribution < 1.29 is 9.72 Å². The van der Waals surface area contributed by atoms with Gasteiger partial charge in [-0.3, -0.25) is 14.9 Å². The van der Waals surface area contributed by atoms with Crippen molar-refractivity contribution in [3.63, 3.8) is 0 Å². The van der Waals surface area contributed by atoms with Gasteiger partial charge in [0.1, 0.15) is 0 Å². The molecule has 2 aromatic carbocycles. The lowest BCUT2D eigenvalue weighted by atomic mass is 10.2. The number of nitro benzene ring substituents is 1. The Balaban J connectivity index is 1.74. The van der Waals surface area contributed by atoms with Crippen LogP contribution in [-0.2, 0) is 4.79 Å². The second-order valence-electron chi connectivity index (χ2n) is 6.07. The van der Waals surface area contributed by atoms with Gasteiger partial charge in [-0.25, -0.2) is 0 Å². The Labute approximate surface area is 171 Å². The molecule has 1 heterocycles.